The summed E-state index contributed by atoms with van der Waals surface area (Å²) in [5.41, 5.74) is -0.241. The SMILES string of the molecule is C=CC1=CC2C=NN(CC(O)(CC)CC)C2C=C1F. The highest BCUT2D eigenvalue weighted by molar-refractivity contribution is 5.69. The summed E-state index contributed by atoms with van der Waals surface area (Å²) in [6.07, 6.45) is 8.06. The van der Waals surface area contributed by atoms with Crippen molar-refractivity contribution in [2.75, 3.05) is 6.54 Å². The van der Waals surface area contributed by atoms with Crippen LogP contribution in [-0.2, 0) is 0 Å². The first-order valence-corrected chi connectivity index (χ1v) is 6.78. The number of β-amino-alcohol motifs (C(OH)–C–C–N with tert-alkyl or cyclic N) is 1. The lowest BCUT2D eigenvalue weighted by molar-refractivity contribution is -0.00791. The zero-order chi connectivity index (χ0) is 14.0. The standard InChI is InChI=1S/C15H21FN2O/c1-4-11-7-12-9-17-18(14(12)8-13(11)16)10-15(19,5-2)6-3/h4,7-9,12,14,19H,1,5-6,10H2,2-3H3. The second-order valence-electron chi connectivity index (χ2n) is 5.20. The Morgan fingerprint density at radius 2 is 2.16 bits per heavy atom. The normalized spacial score (nSPS) is 26.0. The van der Waals surface area contributed by atoms with Crippen molar-refractivity contribution in [3.63, 3.8) is 0 Å². The molecule has 2 unspecified atom stereocenters. The van der Waals surface area contributed by atoms with Crippen molar-refractivity contribution in [1.82, 2.24) is 5.01 Å². The molecule has 0 amide bonds. The number of hydrogen-bond donors (Lipinski definition) is 1. The van der Waals surface area contributed by atoms with Gasteiger partial charge >= 0.3 is 0 Å². The third-order valence-corrected chi connectivity index (χ3v) is 4.08. The maximum Gasteiger partial charge on any atom is 0.128 e. The highest BCUT2D eigenvalue weighted by Crippen LogP contribution is 2.32. The van der Waals surface area contributed by atoms with Crippen molar-refractivity contribution in [2.45, 2.75) is 38.3 Å². The van der Waals surface area contributed by atoms with E-state index < -0.39 is 5.60 Å². The van der Waals surface area contributed by atoms with Gasteiger partial charge in [0.1, 0.15) is 5.83 Å². The van der Waals surface area contributed by atoms with Crippen molar-refractivity contribution in [2.24, 2.45) is 11.0 Å². The molecule has 0 fully saturated rings. The number of nitrogens with zero attached hydrogens (tertiary/aromatic N) is 2. The lowest BCUT2D eigenvalue weighted by Crippen LogP contribution is -2.44. The minimum Gasteiger partial charge on any atom is -0.388 e. The molecule has 104 valence electrons. The molecule has 1 aliphatic carbocycles. The van der Waals surface area contributed by atoms with E-state index in [1.54, 1.807) is 11.1 Å². The second-order valence-corrected chi connectivity index (χ2v) is 5.20. The van der Waals surface area contributed by atoms with Gasteiger partial charge in [-0.2, -0.15) is 5.10 Å². The monoisotopic (exact) mass is 264 g/mol. The Hall–Kier alpha value is -1.42. The molecule has 1 N–H and O–H groups in total. The lowest BCUT2D eigenvalue weighted by Gasteiger charge is -2.34. The minimum atomic E-state index is -0.765. The van der Waals surface area contributed by atoms with E-state index in [9.17, 15) is 9.50 Å². The highest BCUT2D eigenvalue weighted by Gasteiger charge is 2.36. The quantitative estimate of drug-likeness (QED) is 0.829. The van der Waals surface area contributed by atoms with Crippen LogP contribution in [0, 0.1) is 5.92 Å². The van der Waals surface area contributed by atoms with Crippen LogP contribution in [0.2, 0.25) is 0 Å². The van der Waals surface area contributed by atoms with Crippen LogP contribution >= 0.6 is 0 Å². The van der Waals surface area contributed by atoms with Crippen LogP contribution in [0.5, 0.6) is 0 Å². The summed E-state index contributed by atoms with van der Waals surface area (Å²) < 4.78 is 13.8. The summed E-state index contributed by atoms with van der Waals surface area (Å²) in [4.78, 5) is 0. The van der Waals surface area contributed by atoms with E-state index in [4.69, 9.17) is 0 Å². The molecule has 1 aliphatic heterocycles. The zero-order valence-corrected chi connectivity index (χ0v) is 11.5. The van der Waals surface area contributed by atoms with Gasteiger partial charge in [0, 0.05) is 17.7 Å². The molecule has 4 heteroatoms. The lowest BCUT2D eigenvalue weighted by atomic mass is 9.90. The number of rotatable bonds is 5. The van der Waals surface area contributed by atoms with E-state index in [1.807, 2.05) is 26.1 Å². The molecule has 0 radical (unpaired) electrons. The number of halogens is 1. The van der Waals surface area contributed by atoms with E-state index in [0.717, 1.165) is 0 Å². The molecule has 0 aromatic rings. The Bertz CT molecular complexity index is 449. The van der Waals surface area contributed by atoms with Crippen molar-refractivity contribution in [1.29, 1.82) is 0 Å². The van der Waals surface area contributed by atoms with E-state index in [1.165, 1.54) is 6.08 Å². The zero-order valence-electron chi connectivity index (χ0n) is 11.5. The number of fused-ring (bicyclic) bond motifs is 1. The molecule has 2 rings (SSSR count). The van der Waals surface area contributed by atoms with Gasteiger partial charge in [0.25, 0.3) is 0 Å². The first-order valence-electron chi connectivity index (χ1n) is 6.78. The van der Waals surface area contributed by atoms with Gasteiger partial charge in [-0.15, -0.1) is 0 Å². The van der Waals surface area contributed by atoms with Crippen LogP contribution in [0.15, 0.2) is 41.3 Å². The fraction of sp³-hybridized carbons (Fsp3) is 0.533. The Morgan fingerprint density at radius 3 is 2.74 bits per heavy atom. The predicted molar refractivity (Wildman–Crippen MR) is 75.5 cm³/mol. The van der Waals surface area contributed by atoms with E-state index in [2.05, 4.69) is 11.7 Å². The largest absolute Gasteiger partial charge is 0.388 e. The number of hydrogen-bond acceptors (Lipinski definition) is 3. The Morgan fingerprint density at radius 1 is 1.47 bits per heavy atom. The second kappa shape index (κ2) is 5.29. The molecule has 19 heavy (non-hydrogen) atoms. The number of allylic oxidation sites excluding steroid dienone is 3. The van der Waals surface area contributed by atoms with E-state index in [0.29, 0.717) is 25.0 Å². The number of aliphatic hydroxyl groups is 1. The molecule has 0 bridgehead atoms. The summed E-state index contributed by atoms with van der Waals surface area (Å²) in [7, 11) is 0. The van der Waals surface area contributed by atoms with Crippen molar-refractivity contribution >= 4 is 6.21 Å². The average Bonchev–Trinajstić information content (AvgIpc) is 2.79. The van der Waals surface area contributed by atoms with Crippen LogP contribution in [0.3, 0.4) is 0 Å². The molecule has 0 spiro atoms. The summed E-state index contributed by atoms with van der Waals surface area (Å²) in [6, 6.07) is -0.131. The van der Waals surface area contributed by atoms with Gasteiger partial charge in [0.15, 0.2) is 0 Å². The van der Waals surface area contributed by atoms with Crippen LogP contribution in [0.1, 0.15) is 26.7 Å². The third-order valence-electron chi connectivity index (χ3n) is 4.08. The maximum absolute atomic E-state index is 13.8. The maximum atomic E-state index is 13.8. The van der Waals surface area contributed by atoms with Crippen LogP contribution < -0.4 is 0 Å². The fourth-order valence-corrected chi connectivity index (χ4v) is 2.49. The minimum absolute atomic E-state index is 0.0606. The molecular formula is C15H21FN2O. The van der Waals surface area contributed by atoms with E-state index in [-0.39, 0.29) is 17.8 Å². The van der Waals surface area contributed by atoms with E-state index >= 15 is 0 Å². The van der Waals surface area contributed by atoms with Crippen LogP contribution in [0.25, 0.3) is 0 Å². The Labute approximate surface area is 113 Å². The van der Waals surface area contributed by atoms with Crippen LogP contribution in [0.4, 0.5) is 4.39 Å². The molecule has 0 saturated carbocycles. The predicted octanol–water partition coefficient (Wildman–Crippen LogP) is 2.80. The van der Waals surface area contributed by atoms with Gasteiger partial charge in [0.05, 0.1) is 18.2 Å². The summed E-state index contributed by atoms with van der Waals surface area (Å²) >= 11 is 0. The smallest absolute Gasteiger partial charge is 0.128 e. The third kappa shape index (κ3) is 2.63. The van der Waals surface area contributed by atoms with Crippen LogP contribution in [-0.4, -0.2) is 34.5 Å². The Balaban J connectivity index is 2.15. The molecule has 2 atom stereocenters. The molecule has 2 aliphatic rings. The molecule has 0 aromatic heterocycles. The Kier molecular flexibility index (Phi) is 3.90. The molecule has 0 aromatic carbocycles. The average molecular weight is 264 g/mol. The van der Waals surface area contributed by atoms with Gasteiger partial charge < -0.3 is 5.11 Å². The van der Waals surface area contributed by atoms with Gasteiger partial charge in [-0.25, -0.2) is 4.39 Å². The topological polar surface area (TPSA) is 35.8 Å². The summed E-state index contributed by atoms with van der Waals surface area (Å²) in [6.45, 7) is 7.94. The summed E-state index contributed by atoms with van der Waals surface area (Å²) in [5.74, 6) is -0.200. The number of hydrazone groups is 1. The molecule has 3 nitrogen and oxygen atoms in total. The van der Waals surface area contributed by atoms with Crippen molar-refractivity contribution in [3.05, 3.63) is 36.2 Å². The molecular weight excluding hydrogens is 243 g/mol. The van der Waals surface area contributed by atoms with Gasteiger partial charge in [-0.3, -0.25) is 5.01 Å². The summed E-state index contributed by atoms with van der Waals surface area (Å²) in [5, 5.41) is 16.5. The van der Waals surface area contributed by atoms with Gasteiger partial charge in [-0.05, 0) is 18.9 Å². The molecule has 1 heterocycles. The van der Waals surface area contributed by atoms with Gasteiger partial charge in [0.2, 0.25) is 0 Å². The van der Waals surface area contributed by atoms with Crippen molar-refractivity contribution in [3.8, 4) is 0 Å². The molecule has 0 saturated heterocycles. The van der Waals surface area contributed by atoms with Gasteiger partial charge in [-0.1, -0.05) is 32.6 Å². The first kappa shape index (κ1) is 14.0. The fourth-order valence-electron chi connectivity index (χ4n) is 2.49. The highest BCUT2D eigenvalue weighted by atomic mass is 19.1. The first-order chi connectivity index (χ1) is 9.03. The van der Waals surface area contributed by atoms with Crippen molar-refractivity contribution < 1.29 is 9.50 Å².